The average Bonchev–Trinajstić information content (AvgIpc) is 2.52. The minimum Gasteiger partial charge on any atom is -0.488 e. The third kappa shape index (κ3) is 10.2. The second kappa shape index (κ2) is 9.44. The van der Waals surface area contributed by atoms with E-state index in [1.807, 2.05) is 58.9 Å². The molecule has 0 saturated heterocycles. The molecule has 27 heavy (non-hydrogen) atoms. The third-order valence-corrected chi connectivity index (χ3v) is 4.89. The van der Waals surface area contributed by atoms with Gasteiger partial charge in [0.1, 0.15) is 21.2 Å². The summed E-state index contributed by atoms with van der Waals surface area (Å²) in [4.78, 5) is 4.25. The van der Waals surface area contributed by atoms with Crippen molar-refractivity contribution < 1.29 is 13.2 Å². The molecule has 0 heterocycles. The Labute approximate surface area is 164 Å². The molecule has 1 aromatic rings. The Kier molecular flexibility index (Phi) is 8.14. The van der Waals surface area contributed by atoms with E-state index in [0.717, 1.165) is 11.3 Å². The first kappa shape index (κ1) is 23.3. The number of guanidine groups is 1. The standard InChI is InChI=1S/C20H35N3O3S/c1-19(2,3)26-17-11-9-8-10-16(17)14-22-18(21-6)23-15-20(4,5)12-13-27(7,24)25/h8-11H,12-15H2,1-7H3,(H2,21,22,23). The highest BCUT2D eigenvalue weighted by Crippen LogP contribution is 2.23. The molecule has 0 aliphatic carbocycles. The second-order valence-corrected chi connectivity index (χ2v) is 10.9. The Morgan fingerprint density at radius 2 is 1.74 bits per heavy atom. The number of rotatable bonds is 8. The van der Waals surface area contributed by atoms with Gasteiger partial charge in [-0.15, -0.1) is 0 Å². The normalized spacial score (nSPS) is 13.4. The monoisotopic (exact) mass is 397 g/mol. The molecule has 1 aromatic carbocycles. The quantitative estimate of drug-likeness (QED) is 0.521. The van der Waals surface area contributed by atoms with Crippen molar-refractivity contribution in [2.45, 2.75) is 53.2 Å². The maximum atomic E-state index is 11.4. The number of para-hydroxylation sites is 1. The number of benzene rings is 1. The number of sulfone groups is 1. The Bertz CT molecular complexity index is 735. The van der Waals surface area contributed by atoms with Crippen molar-refractivity contribution >= 4 is 15.8 Å². The largest absolute Gasteiger partial charge is 0.488 e. The van der Waals surface area contributed by atoms with Crippen molar-refractivity contribution in [1.29, 1.82) is 0 Å². The van der Waals surface area contributed by atoms with Gasteiger partial charge >= 0.3 is 0 Å². The maximum Gasteiger partial charge on any atom is 0.191 e. The van der Waals surface area contributed by atoms with Crippen molar-refractivity contribution in [3.8, 4) is 5.75 Å². The molecule has 0 unspecified atom stereocenters. The summed E-state index contributed by atoms with van der Waals surface area (Å²) in [7, 11) is -1.24. The number of hydrogen-bond acceptors (Lipinski definition) is 4. The predicted octanol–water partition coefficient (Wildman–Crippen LogP) is 2.99. The molecular formula is C20H35N3O3S. The zero-order valence-electron chi connectivity index (χ0n) is 17.7. The summed E-state index contributed by atoms with van der Waals surface area (Å²) in [6.45, 7) is 11.4. The lowest BCUT2D eigenvalue weighted by atomic mass is 9.90. The van der Waals surface area contributed by atoms with Gasteiger partial charge in [-0.3, -0.25) is 4.99 Å². The smallest absolute Gasteiger partial charge is 0.191 e. The SMILES string of the molecule is CN=C(NCc1ccccc1OC(C)(C)C)NCC(C)(C)CCS(C)(=O)=O. The fourth-order valence-corrected chi connectivity index (χ4v) is 3.28. The summed E-state index contributed by atoms with van der Waals surface area (Å²) in [6, 6.07) is 7.93. The van der Waals surface area contributed by atoms with Gasteiger partial charge in [0.2, 0.25) is 0 Å². The Hall–Kier alpha value is -1.76. The van der Waals surface area contributed by atoms with Gasteiger partial charge in [0.15, 0.2) is 5.96 Å². The summed E-state index contributed by atoms with van der Waals surface area (Å²) in [5.74, 6) is 1.71. The van der Waals surface area contributed by atoms with Gasteiger partial charge in [-0.25, -0.2) is 8.42 Å². The van der Waals surface area contributed by atoms with Crippen LogP contribution in [0.3, 0.4) is 0 Å². The van der Waals surface area contributed by atoms with E-state index in [9.17, 15) is 8.42 Å². The number of ether oxygens (including phenoxy) is 1. The highest BCUT2D eigenvalue weighted by Gasteiger charge is 2.21. The van der Waals surface area contributed by atoms with Crippen LogP contribution in [0, 0.1) is 5.41 Å². The first-order valence-electron chi connectivity index (χ1n) is 9.20. The summed E-state index contributed by atoms with van der Waals surface area (Å²) >= 11 is 0. The van der Waals surface area contributed by atoms with Crippen LogP contribution in [0.2, 0.25) is 0 Å². The number of aliphatic imine (C=N–C) groups is 1. The molecule has 0 bridgehead atoms. The second-order valence-electron chi connectivity index (χ2n) is 8.65. The van der Waals surface area contributed by atoms with Gasteiger partial charge in [0, 0.05) is 32.0 Å². The average molecular weight is 398 g/mol. The Morgan fingerprint density at radius 3 is 2.30 bits per heavy atom. The van der Waals surface area contributed by atoms with Crippen LogP contribution in [0.25, 0.3) is 0 Å². The van der Waals surface area contributed by atoms with Gasteiger partial charge in [-0.2, -0.15) is 0 Å². The van der Waals surface area contributed by atoms with Crippen LogP contribution in [-0.2, 0) is 16.4 Å². The maximum absolute atomic E-state index is 11.4. The minimum absolute atomic E-state index is 0.159. The van der Waals surface area contributed by atoms with Crippen molar-refractivity contribution in [3.63, 3.8) is 0 Å². The topological polar surface area (TPSA) is 79.8 Å². The molecular weight excluding hydrogens is 362 g/mol. The zero-order chi connectivity index (χ0) is 20.7. The van der Waals surface area contributed by atoms with Crippen LogP contribution in [0.1, 0.15) is 46.6 Å². The molecule has 6 nitrogen and oxygen atoms in total. The molecule has 0 aliphatic rings. The molecule has 0 aromatic heterocycles. The molecule has 0 fully saturated rings. The predicted molar refractivity (Wildman–Crippen MR) is 113 cm³/mol. The molecule has 1 rings (SSSR count). The van der Waals surface area contributed by atoms with E-state index >= 15 is 0 Å². The number of nitrogens with one attached hydrogen (secondary N) is 2. The van der Waals surface area contributed by atoms with Gasteiger partial charge in [0.05, 0.1) is 5.75 Å². The van der Waals surface area contributed by atoms with Crippen LogP contribution in [0.4, 0.5) is 0 Å². The first-order chi connectivity index (χ1) is 12.3. The lowest BCUT2D eigenvalue weighted by Gasteiger charge is -2.26. The van der Waals surface area contributed by atoms with Gasteiger partial charge in [-0.1, -0.05) is 32.0 Å². The van der Waals surface area contributed by atoms with Crippen LogP contribution in [0.5, 0.6) is 5.75 Å². The summed E-state index contributed by atoms with van der Waals surface area (Å²) in [6.07, 6.45) is 1.87. The zero-order valence-corrected chi connectivity index (χ0v) is 18.5. The fourth-order valence-electron chi connectivity index (χ4n) is 2.35. The molecule has 154 valence electrons. The van der Waals surface area contributed by atoms with E-state index in [1.54, 1.807) is 7.05 Å². The number of nitrogens with zero attached hydrogens (tertiary/aromatic N) is 1. The van der Waals surface area contributed by atoms with Crippen molar-refractivity contribution in [2.24, 2.45) is 10.4 Å². The molecule has 0 atom stereocenters. The van der Waals surface area contributed by atoms with Crippen LogP contribution < -0.4 is 15.4 Å². The molecule has 0 radical (unpaired) electrons. The first-order valence-corrected chi connectivity index (χ1v) is 11.3. The molecule has 2 N–H and O–H groups in total. The van der Waals surface area contributed by atoms with Gasteiger partial charge < -0.3 is 15.4 Å². The Balaban J connectivity index is 2.63. The van der Waals surface area contributed by atoms with E-state index < -0.39 is 9.84 Å². The van der Waals surface area contributed by atoms with Gasteiger partial charge in [-0.05, 0) is 38.7 Å². The minimum atomic E-state index is -2.96. The molecule has 0 amide bonds. The summed E-state index contributed by atoms with van der Waals surface area (Å²) in [5, 5.41) is 6.58. The lowest BCUT2D eigenvalue weighted by molar-refractivity contribution is 0.129. The highest BCUT2D eigenvalue weighted by atomic mass is 32.2. The molecule has 7 heteroatoms. The van der Waals surface area contributed by atoms with E-state index in [0.29, 0.717) is 25.5 Å². The van der Waals surface area contributed by atoms with Crippen LogP contribution in [0.15, 0.2) is 29.3 Å². The van der Waals surface area contributed by atoms with Gasteiger partial charge in [0.25, 0.3) is 0 Å². The third-order valence-electron chi connectivity index (χ3n) is 3.94. The molecule has 0 aliphatic heterocycles. The number of hydrogen-bond donors (Lipinski definition) is 2. The summed E-state index contributed by atoms with van der Waals surface area (Å²) < 4.78 is 28.8. The van der Waals surface area contributed by atoms with Crippen LogP contribution >= 0.6 is 0 Å². The highest BCUT2D eigenvalue weighted by molar-refractivity contribution is 7.90. The van der Waals surface area contributed by atoms with E-state index in [4.69, 9.17) is 4.74 Å². The lowest BCUT2D eigenvalue weighted by Crippen LogP contribution is -2.42. The van der Waals surface area contributed by atoms with E-state index in [1.165, 1.54) is 6.26 Å². The van der Waals surface area contributed by atoms with E-state index in [-0.39, 0.29) is 16.8 Å². The molecule has 0 spiro atoms. The van der Waals surface area contributed by atoms with Crippen molar-refractivity contribution in [1.82, 2.24) is 10.6 Å². The van der Waals surface area contributed by atoms with Crippen molar-refractivity contribution in [3.05, 3.63) is 29.8 Å². The fraction of sp³-hybridized carbons (Fsp3) is 0.650. The van der Waals surface area contributed by atoms with Crippen LogP contribution in [-0.4, -0.2) is 45.6 Å². The van der Waals surface area contributed by atoms with E-state index in [2.05, 4.69) is 15.6 Å². The molecule has 0 saturated carbocycles. The summed E-state index contributed by atoms with van der Waals surface area (Å²) in [5.41, 5.74) is 0.625. The van der Waals surface area contributed by atoms with Crippen molar-refractivity contribution in [2.75, 3.05) is 25.6 Å². The Morgan fingerprint density at radius 1 is 1.11 bits per heavy atom.